The van der Waals surface area contributed by atoms with Crippen LogP contribution in [-0.2, 0) is 19.1 Å². The molecule has 0 aromatic carbocycles. The summed E-state index contributed by atoms with van der Waals surface area (Å²) in [7, 11) is 0. The van der Waals surface area contributed by atoms with Crippen LogP contribution in [0, 0.1) is 6.57 Å². The summed E-state index contributed by atoms with van der Waals surface area (Å²) in [4.78, 5) is 30.7. The molecule has 0 heterocycles. The molecule has 276 valence electrons. The summed E-state index contributed by atoms with van der Waals surface area (Å²) in [6.07, 6.45) is 33.1. The molecule has 0 atom stereocenters. The number of rotatable bonds is 37. The van der Waals surface area contributed by atoms with Crippen LogP contribution in [0.1, 0.15) is 207 Å². The number of ether oxygens (including phenoxy) is 2. The SMILES string of the molecule is [C-]#[N+]CCN(CCCCCCCC(=O)OC(CCCCCCCC)CCCCCCCC)CCCC(=O)OCCCCCCCCC. The second-order valence-electron chi connectivity index (χ2n) is 13.9. The molecule has 0 N–H and O–H groups in total. The van der Waals surface area contributed by atoms with Gasteiger partial charge in [-0.25, -0.2) is 6.57 Å². The van der Waals surface area contributed by atoms with Crippen LogP contribution >= 0.6 is 0 Å². The molecule has 0 saturated carbocycles. The fourth-order valence-electron chi connectivity index (χ4n) is 6.24. The van der Waals surface area contributed by atoms with Crippen molar-refractivity contribution in [1.82, 2.24) is 4.90 Å². The van der Waals surface area contributed by atoms with Crippen molar-refractivity contribution >= 4 is 11.9 Å². The van der Waals surface area contributed by atoms with Crippen molar-refractivity contribution in [3.63, 3.8) is 0 Å². The molecule has 6 heteroatoms. The molecule has 0 spiro atoms. The minimum atomic E-state index is -0.0872. The average molecular weight is 663 g/mol. The van der Waals surface area contributed by atoms with E-state index in [1.165, 1.54) is 109 Å². The molecular formula is C41H78N2O4. The van der Waals surface area contributed by atoms with E-state index in [9.17, 15) is 9.59 Å². The average Bonchev–Trinajstić information content (AvgIpc) is 3.06. The fourth-order valence-corrected chi connectivity index (χ4v) is 6.24. The molecule has 47 heavy (non-hydrogen) atoms. The van der Waals surface area contributed by atoms with Crippen molar-refractivity contribution in [1.29, 1.82) is 0 Å². The van der Waals surface area contributed by atoms with Gasteiger partial charge in [0.25, 0.3) is 0 Å². The van der Waals surface area contributed by atoms with Gasteiger partial charge in [-0.1, -0.05) is 143 Å². The standard InChI is InChI=1S/C41H78N2O4/c1-5-8-11-14-17-23-28-38-46-40(44)33-29-36-43(37-34-42-4)35-27-22-18-21-26-32-41(45)47-39(30-24-19-15-12-9-6-2)31-25-20-16-13-10-7-3/h39H,5-38H2,1-3H3. The van der Waals surface area contributed by atoms with E-state index in [0.717, 1.165) is 83.8 Å². The zero-order valence-electron chi connectivity index (χ0n) is 31.6. The highest BCUT2D eigenvalue weighted by molar-refractivity contribution is 5.69. The van der Waals surface area contributed by atoms with E-state index in [-0.39, 0.29) is 18.0 Å². The van der Waals surface area contributed by atoms with Gasteiger partial charge in [0.05, 0.1) is 13.2 Å². The molecule has 0 bridgehead atoms. The molecule has 0 radical (unpaired) electrons. The molecular weight excluding hydrogens is 584 g/mol. The Hall–Kier alpha value is -1.61. The van der Waals surface area contributed by atoms with E-state index < -0.39 is 0 Å². The van der Waals surface area contributed by atoms with Crippen LogP contribution in [0.4, 0.5) is 0 Å². The van der Waals surface area contributed by atoms with Gasteiger partial charge < -0.3 is 14.3 Å². The van der Waals surface area contributed by atoms with E-state index in [1.54, 1.807) is 0 Å². The summed E-state index contributed by atoms with van der Waals surface area (Å²) in [5, 5.41) is 0. The number of unbranched alkanes of at least 4 members (excludes halogenated alkanes) is 20. The topological polar surface area (TPSA) is 60.2 Å². The zero-order chi connectivity index (χ0) is 34.5. The van der Waals surface area contributed by atoms with Gasteiger partial charge in [-0.15, -0.1) is 0 Å². The summed E-state index contributed by atoms with van der Waals surface area (Å²) in [6, 6.07) is 0. The van der Waals surface area contributed by atoms with E-state index >= 15 is 0 Å². The van der Waals surface area contributed by atoms with Crippen LogP contribution in [0.5, 0.6) is 0 Å². The molecule has 0 aromatic heterocycles. The predicted octanol–water partition coefficient (Wildman–Crippen LogP) is 12.0. The molecule has 0 amide bonds. The summed E-state index contributed by atoms with van der Waals surface area (Å²) in [6.45, 7) is 17.5. The Balaban J connectivity index is 4.13. The molecule has 0 unspecified atom stereocenters. The number of esters is 2. The van der Waals surface area contributed by atoms with E-state index in [4.69, 9.17) is 16.0 Å². The van der Waals surface area contributed by atoms with Gasteiger partial charge in [0.1, 0.15) is 6.10 Å². The molecule has 0 aromatic rings. The minimum absolute atomic E-state index is 0.00165. The fraction of sp³-hybridized carbons (Fsp3) is 0.927. The first kappa shape index (κ1) is 45.4. The lowest BCUT2D eigenvalue weighted by Gasteiger charge is -2.20. The van der Waals surface area contributed by atoms with Gasteiger partial charge in [-0.3, -0.25) is 14.5 Å². The maximum atomic E-state index is 12.7. The first-order valence-corrected chi connectivity index (χ1v) is 20.5. The molecule has 0 aliphatic heterocycles. The lowest BCUT2D eigenvalue weighted by atomic mass is 10.0. The number of hydrogen-bond donors (Lipinski definition) is 0. The van der Waals surface area contributed by atoms with E-state index in [1.807, 2.05) is 0 Å². The van der Waals surface area contributed by atoms with Crippen LogP contribution in [0.3, 0.4) is 0 Å². The number of hydrogen-bond acceptors (Lipinski definition) is 5. The maximum Gasteiger partial charge on any atom is 0.306 e. The van der Waals surface area contributed by atoms with Crippen LogP contribution in [0.25, 0.3) is 4.85 Å². The van der Waals surface area contributed by atoms with Crippen LogP contribution in [-0.4, -0.2) is 55.7 Å². The number of carbonyl (C=O) groups excluding carboxylic acids is 2. The summed E-state index contributed by atoms with van der Waals surface area (Å²) < 4.78 is 11.4. The lowest BCUT2D eigenvalue weighted by molar-refractivity contribution is -0.150. The number of nitrogens with zero attached hydrogens (tertiary/aromatic N) is 2. The van der Waals surface area contributed by atoms with Crippen molar-refractivity contribution in [3.05, 3.63) is 11.4 Å². The quantitative estimate of drug-likeness (QED) is 0.0376. The van der Waals surface area contributed by atoms with Crippen molar-refractivity contribution in [2.24, 2.45) is 0 Å². The largest absolute Gasteiger partial charge is 0.466 e. The highest BCUT2D eigenvalue weighted by Gasteiger charge is 2.14. The van der Waals surface area contributed by atoms with Gasteiger partial charge in [0.15, 0.2) is 0 Å². The normalized spacial score (nSPS) is 11.3. The van der Waals surface area contributed by atoms with Crippen molar-refractivity contribution in [3.8, 4) is 0 Å². The van der Waals surface area contributed by atoms with Crippen molar-refractivity contribution in [2.45, 2.75) is 213 Å². The third-order valence-corrected chi connectivity index (χ3v) is 9.31. The second kappa shape index (κ2) is 37.2. The Bertz CT molecular complexity index is 707. The van der Waals surface area contributed by atoms with Gasteiger partial charge in [-0.2, -0.15) is 0 Å². The first-order valence-electron chi connectivity index (χ1n) is 20.5. The van der Waals surface area contributed by atoms with Crippen LogP contribution in [0.2, 0.25) is 0 Å². The van der Waals surface area contributed by atoms with Crippen molar-refractivity contribution in [2.75, 3.05) is 32.8 Å². The van der Waals surface area contributed by atoms with Crippen LogP contribution < -0.4 is 0 Å². The van der Waals surface area contributed by atoms with Gasteiger partial charge >= 0.3 is 11.9 Å². The van der Waals surface area contributed by atoms with Crippen molar-refractivity contribution < 1.29 is 19.1 Å². The molecule has 0 saturated heterocycles. The third kappa shape index (κ3) is 34.1. The Kier molecular flexibility index (Phi) is 35.9. The summed E-state index contributed by atoms with van der Waals surface area (Å²) in [5.74, 6) is -0.0889. The number of carbonyl (C=O) groups is 2. The third-order valence-electron chi connectivity index (χ3n) is 9.31. The molecule has 0 aliphatic rings. The molecule has 6 nitrogen and oxygen atoms in total. The first-order chi connectivity index (χ1) is 23.1. The van der Waals surface area contributed by atoms with Crippen LogP contribution in [0.15, 0.2) is 0 Å². The maximum absolute atomic E-state index is 12.7. The Morgan fingerprint density at radius 1 is 0.532 bits per heavy atom. The second-order valence-corrected chi connectivity index (χ2v) is 13.9. The van der Waals surface area contributed by atoms with Gasteiger partial charge in [0, 0.05) is 12.8 Å². The van der Waals surface area contributed by atoms with Gasteiger partial charge in [0.2, 0.25) is 6.54 Å². The summed E-state index contributed by atoms with van der Waals surface area (Å²) in [5.41, 5.74) is 0. The zero-order valence-corrected chi connectivity index (χ0v) is 31.6. The lowest BCUT2D eigenvalue weighted by Crippen LogP contribution is -2.29. The molecule has 0 aliphatic carbocycles. The molecule has 0 rings (SSSR count). The van der Waals surface area contributed by atoms with E-state index in [2.05, 4.69) is 30.5 Å². The monoisotopic (exact) mass is 663 g/mol. The predicted molar refractivity (Wildman–Crippen MR) is 200 cm³/mol. The Labute approximate surface area is 292 Å². The van der Waals surface area contributed by atoms with E-state index in [0.29, 0.717) is 26.0 Å². The molecule has 0 fully saturated rings. The summed E-state index contributed by atoms with van der Waals surface area (Å²) >= 11 is 0. The highest BCUT2D eigenvalue weighted by Crippen LogP contribution is 2.18. The Morgan fingerprint density at radius 2 is 0.979 bits per heavy atom. The highest BCUT2D eigenvalue weighted by atomic mass is 16.5. The Morgan fingerprint density at radius 3 is 1.53 bits per heavy atom. The van der Waals surface area contributed by atoms with Gasteiger partial charge in [-0.05, 0) is 64.5 Å². The minimum Gasteiger partial charge on any atom is -0.466 e. The smallest absolute Gasteiger partial charge is 0.306 e.